The number of halogens is 1. The Bertz CT molecular complexity index is 1170. The number of nitrogens with zero attached hydrogens (tertiary/aromatic N) is 4. The maximum atomic E-state index is 13.4. The smallest absolute Gasteiger partial charge is 0.233 e. The predicted octanol–water partition coefficient (Wildman–Crippen LogP) is 5.11. The third kappa shape index (κ3) is 4.22. The van der Waals surface area contributed by atoms with Crippen molar-refractivity contribution >= 4 is 35.1 Å². The van der Waals surface area contributed by atoms with E-state index in [0.29, 0.717) is 41.0 Å². The van der Waals surface area contributed by atoms with Gasteiger partial charge in [0, 0.05) is 30.6 Å². The summed E-state index contributed by atoms with van der Waals surface area (Å²) in [6, 6.07) is 9.19. The van der Waals surface area contributed by atoms with Crippen molar-refractivity contribution in [1.82, 2.24) is 19.7 Å². The zero-order chi connectivity index (χ0) is 23.6. The van der Waals surface area contributed by atoms with Crippen molar-refractivity contribution in [1.29, 1.82) is 0 Å². The highest BCUT2D eigenvalue weighted by atomic mass is 35.5. The Hall–Kier alpha value is -2.58. The lowest BCUT2D eigenvalue weighted by Gasteiger charge is -2.44. The van der Waals surface area contributed by atoms with Crippen molar-refractivity contribution in [3.05, 3.63) is 52.9 Å². The molecule has 1 aliphatic rings. The summed E-state index contributed by atoms with van der Waals surface area (Å²) in [4.78, 5) is 28.2. The number of amides is 1. The molecule has 0 radical (unpaired) electrons. The third-order valence-corrected chi connectivity index (χ3v) is 7.66. The highest BCUT2D eigenvalue weighted by Crippen LogP contribution is 2.42. The second-order valence-electron chi connectivity index (χ2n) is 8.15. The molecule has 0 saturated heterocycles. The van der Waals surface area contributed by atoms with E-state index in [2.05, 4.69) is 10.2 Å². The molecule has 2 heterocycles. The number of benzene rings is 1. The van der Waals surface area contributed by atoms with E-state index in [9.17, 15) is 9.59 Å². The van der Waals surface area contributed by atoms with Gasteiger partial charge in [0.05, 0.1) is 17.6 Å². The number of furan rings is 1. The topological polar surface area (TPSA) is 81.2 Å². The van der Waals surface area contributed by atoms with E-state index in [0.717, 1.165) is 24.2 Å². The average Bonchev–Trinajstić information content (AvgIpc) is 3.43. The van der Waals surface area contributed by atoms with Crippen LogP contribution in [0.15, 0.2) is 46.2 Å². The molecular weight excluding hydrogens is 460 g/mol. The maximum absolute atomic E-state index is 13.4. The quantitative estimate of drug-likeness (QED) is 0.432. The number of ketones is 1. The van der Waals surface area contributed by atoms with Crippen LogP contribution in [0, 0.1) is 6.92 Å². The molecule has 1 aliphatic carbocycles. The summed E-state index contributed by atoms with van der Waals surface area (Å²) in [6.07, 6.45) is 4.32. The number of hydrogen-bond acceptors (Lipinski definition) is 6. The minimum Gasteiger partial charge on any atom is -0.469 e. The first kappa shape index (κ1) is 23.6. The maximum Gasteiger partial charge on any atom is 0.233 e. The van der Waals surface area contributed by atoms with Crippen LogP contribution in [0.3, 0.4) is 0 Å². The molecule has 0 N–H and O–H groups in total. The van der Waals surface area contributed by atoms with E-state index in [1.165, 1.54) is 11.8 Å². The van der Waals surface area contributed by atoms with Gasteiger partial charge in [-0.3, -0.25) is 9.59 Å². The molecule has 1 amide bonds. The Morgan fingerprint density at radius 3 is 2.73 bits per heavy atom. The summed E-state index contributed by atoms with van der Waals surface area (Å²) < 4.78 is 7.37. The molecule has 3 aromatic rings. The van der Waals surface area contributed by atoms with Gasteiger partial charge in [-0.05, 0) is 45.2 Å². The summed E-state index contributed by atoms with van der Waals surface area (Å²) in [5.41, 5.74) is 0.544. The van der Waals surface area contributed by atoms with E-state index in [1.54, 1.807) is 24.3 Å². The molecule has 0 unspecified atom stereocenters. The number of likely N-dealkylation sites (N-methyl/N-ethyl adjacent to an activating group) is 1. The van der Waals surface area contributed by atoms with Crippen LogP contribution in [0.5, 0.6) is 0 Å². The Morgan fingerprint density at radius 1 is 1.27 bits per heavy atom. The summed E-state index contributed by atoms with van der Waals surface area (Å²) in [6.45, 7) is 4.54. The molecule has 4 rings (SSSR count). The van der Waals surface area contributed by atoms with E-state index in [-0.39, 0.29) is 17.4 Å². The van der Waals surface area contributed by atoms with Gasteiger partial charge < -0.3 is 13.9 Å². The van der Waals surface area contributed by atoms with Crippen LogP contribution >= 0.6 is 23.4 Å². The van der Waals surface area contributed by atoms with Crippen LogP contribution in [-0.2, 0) is 21.7 Å². The standard InChI is InChI=1S/C24H27ClN4O3S/c1-4-29-22(17-12-14-32-16(17)2)26-27-23(29)33-15-21(31)28(3)24(13-8-7-11-20(24)30)18-9-5-6-10-19(18)25/h5-6,9-10,12,14H,4,7-8,11,13,15H2,1-3H3/t24-/m1/s1. The molecule has 1 fully saturated rings. The summed E-state index contributed by atoms with van der Waals surface area (Å²) in [5.74, 6) is 1.50. The number of carbonyl (C=O) groups is 2. The van der Waals surface area contributed by atoms with Gasteiger partial charge in [0.2, 0.25) is 5.91 Å². The van der Waals surface area contributed by atoms with E-state index >= 15 is 0 Å². The fourth-order valence-electron chi connectivity index (χ4n) is 4.56. The average molecular weight is 487 g/mol. The van der Waals surface area contributed by atoms with Crippen LogP contribution in [-0.4, -0.2) is 44.2 Å². The van der Waals surface area contributed by atoms with Crippen LogP contribution in [0.25, 0.3) is 11.4 Å². The van der Waals surface area contributed by atoms with Crippen molar-refractivity contribution in [3.8, 4) is 11.4 Å². The van der Waals surface area contributed by atoms with Gasteiger partial charge in [-0.15, -0.1) is 10.2 Å². The Labute approximate surface area is 202 Å². The van der Waals surface area contributed by atoms with Gasteiger partial charge >= 0.3 is 0 Å². The Kier molecular flexibility index (Phi) is 6.95. The first-order chi connectivity index (χ1) is 15.9. The van der Waals surface area contributed by atoms with E-state index in [4.69, 9.17) is 16.0 Å². The van der Waals surface area contributed by atoms with Crippen LogP contribution in [0.2, 0.25) is 5.02 Å². The summed E-state index contributed by atoms with van der Waals surface area (Å²) >= 11 is 7.83. The SMILES string of the molecule is CCn1c(SCC(=O)N(C)[C@@]2(c3ccccc3Cl)CCCCC2=O)nnc1-c1ccoc1C. The highest BCUT2D eigenvalue weighted by Gasteiger charge is 2.47. The third-order valence-electron chi connectivity index (χ3n) is 6.38. The zero-order valence-electron chi connectivity index (χ0n) is 19.0. The molecule has 0 aliphatic heterocycles. The lowest BCUT2D eigenvalue weighted by Crippen LogP contribution is -2.54. The molecular formula is C24H27ClN4O3S. The molecule has 0 spiro atoms. The second-order valence-corrected chi connectivity index (χ2v) is 9.50. The van der Waals surface area contributed by atoms with Crippen molar-refractivity contribution in [2.75, 3.05) is 12.8 Å². The van der Waals surface area contributed by atoms with Crippen LogP contribution in [0.1, 0.15) is 43.9 Å². The minimum atomic E-state index is -1.04. The highest BCUT2D eigenvalue weighted by molar-refractivity contribution is 7.99. The van der Waals surface area contributed by atoms with Gasteiger partial charge in [0.25, 0.3) is 0 Å². The van der Waals surface area contributed by atoms with Crippen molar-refractivity contribution in [2.45, 2.75) is 56.8 Å². The van der Waals surface area contributed by atoms with Gasteiger partial charge in [-0.2, -0.15) is 0 Å². The number of rotatable bonds is 7. The fourth-order valence-corrected chi connectivity index (χ4v) is 5.77. The Balaban J connectivity index is 1.58. The van der Waals surface area contributed by atoms with Crippen LogP contribution in [0.4, 0.5) is 0 Å². The predicted molar refractivity (Wildman–Crippen MR) is 128 cm³/mol. The molecule has 33 heavy (non-hydrogen) atoms. The van der Waals surface area contributed by atoms with E-state index < -0.39 is 5.54 Å². The van der Waals surface area contributed by atoms with Gasteiger partial charge in [0.15, 0.2) is 16.8 Å². The fraction of sp³-hybridized carbons (Fsp3) is 0.417. The monoisotopic (exact) mass is 486 g/mol. The Morgan fingerprint density at radius 2 is 2.06 bits per heavy atom. The molecule has 0 bridgehead atoms. The molecule has 1 saturated carbocycles. The lowest BCUT2D eigenvalue weighted by molar-refractivity contribution is -0.146. The first-order valence-electron chi connectivity index (χ1n) is 11.1. The number of thioether (sulfide) groups is 1. The molecule has 9 heteroatoms. The molecule has 174 valence electrons. The van der Waals surface area contributed by atoms with Crippen LogP contribution < -0.4 is 0 Å². The largest absolute Gasteiger partial charge is 0.469 e. The number of hydrogen-bond donors (Lipinski definition) is 0. The van der Waals surface area contributed by atoms with Crippen molar-refractivity contribution in [2.24, 2.45) is 0 Å². The number of aromatic nitrogens is 3. The number of carbonyl (C=O) groups excluding carboxylic acids is 2. The van der Waals surface area contributed by atoms with Crippen molar-refractivity contribution < 1.29 is 14.0 Å². The van der Waals surface area contributed by atoms with Gasteiger partial charge in [0.1, 0.15) is 11.3 Å². The van der Waals surface area contributed by atoms with Gasteiger partial charge in [-0.1, -0.05) is 41.6 Å². The first-order valence-corrected chi connectivity index (χ1v) is 12.4. The molecule has 7 nitrogen and oxygen atoms in total. The normalized spacial score (nSPS) is 18.5. The number of Topliss-reactive ketones (excluding diaryl/α,β-unsaturated/α-hetero) is 1. The number of aryl methyl sites for hydroxylation is 1. The molecule has 2 aromatic heterocycles. The molecule has 1 atom stereocenters. The lowest BCUT2D eigenvalue weighted by atomic mass is 9.74. The second kappa shape index (κ2) is 9.73. The molecule has 1 aromatic carbocycles. The minimum absolute atomic E-state index is 0.0390. The van der Waals surface area contributed by atoms with Crippen molar-refractivity contribution in [3.63, 3.8) is 0 Å². The zero-order valence-corrected chi connectivity index (χ0v) is 20.6. The summed E-state index contributed by atoms with van der Waals surface area (Å²) in [5, 5.41) is 9.79. The summed E-state index contributed by atoms with van der Waals surface area (Å²) in [7, 11) is 1.71. The van der Waals surface area contributed by atoms with Gasteiger partial charge in [-0.25, -0.2) is 0 Å². The van der Waals surface area contributed by atoms with E-state index in [1.807, 2.05) is 42.7 Å².